The molecule has 1 aliphatic heterocycles. The maximum Gasteiger partial charge on any atom is 0.231 e. The Morgan fingerprint density at radius 3 is 2.75 bits per heavy atom. The van der Waals surface area contributed by atoms with Gasteiger partial charge in [0.15, 0.2) is 11.5 Å². The molecule has 20 heavy (non-hydrogen) atoms. The van der Waals surface area contributed by atoms with Gasteiger partial charge in [-0.15, -0.1) is 5.10 Å². The number of hydrogen-bond donors (Lipinski definition) is 1. The van der Waals surface area contributed by atoms with E-state index in [0.717, 1.165) is 33.5 Å². The molecule has 98 valence electrons. The highest BCUT2D eigenvalue weighted by Crippen LogP contribution is 2.38. The maximum atomic E-state index is 5.84. The van der Waals surface area contributed by atoms with Crippen molar-refractivity contribution in [2.75, 3.05) is 12.5 Å². The molecule has 5 heteroatoms. The van der Waals surface area contributed by atoms with Gasteiger partial charge in [-0.2, -0.15) is 5.10 Å². The average Bonchev–Trinajstić information content (AvgIpc) is 2.91. The molecule has 0 spiro atoms. The molecule has 0 aliphatic carbocycles. The Morgan fingerprint density at radius 2 is 1.90 bits per heavy atom. The van der Waals surface area contributed by atoms with Crippen LogP contribution < -0.4 is 15.2 Å². The molecule has 2 aromatic carbocycles. The fourth-order valence-corrected chi connectivity index (χ4v) is 2.37. The van der Waals surface area contributed by atoms with Gasteiger partial charge in [-0.25, -0.2) is 0 Å². The summed E-state index contributed by atoms with van der Waals surface area (Å²) >= 11 is 0. The molecule has 0 atom stereocenters. The van der Waals surface area contributed by atoms with Crippen molar-refractivity contribution >= 4 is 16.5 Å². The van der Waals surface area contributed by atoms with Crippen LogP contribution in [0.5, 0.6) is 11.5 Å². The number of hydrogen-bond acceptors (Lipinski definition) is 5. The van der Waals surface area contributed by atoms with Crippen LogP contribution >= 0.6 is 0 Å². The van der Waals surface area contributed by atoms with Crippen LogP contribution in [0.15, 0.2) is 42.6 Å². The van der Waals surface area contributed by atoms with Crippen LogP contribution in [0.3, 0.4) is 0 Å². The normalized spacial score (nSPS) is 12.8. The molecule has 0 radical (unpaired) electrons. The molecule has 2 heterocycles. The first-order valence-corrected chi connectivity index (χ1v) is 6.22. The number of benzene rings is 2. The monoisotopic (exact) mass is 265 g/mol. The molecule has 4 rings (SSSR count). The van der Waals surface area contributed by atoms with E-state index in [0.29, 0.717) is 5.69 Å². The fourth-order valence-electron chi connectivity index (χ4n) is 2.37. The zero-order chi connectivity index (χ0) is 13.5. The van der Waals surface area contributed by atoms with E-state index in [1.165, 1.54) is 0 Å². The minimum Gasteiger partial charge on any atom is -0.454 e. The van der Waals surface area contributed by atoms with Crippen LogP contribution in [-0.2, 0) is 0 Å². The van der Waals surface area contributed by atoms with Gasteiger partial charge in [-0.1, -0.05) is 12.1 Å². The van der Waals surface area contributed by atoms with Crippen molar-refractivity contribution in [2.45, 2.75) is 0 Å². The highest BCUT2D eigenvalue weighted by atomic mass is 16.7. The Bertz CT molecular complexity index is 817. The Labute approximate surface area is 115 Å². The van der Waals surface area contributed by atoms with Crippen molar-refractivity contribution in [3.05, 3.63) is 42.6 Å². The zero-order valence-electron chi connectivity index (χ0n) is 10.5. The van der Waals surface area contributed by atoms with Gasteiger partial charge < -0.3 is 15.2 Å². The SMILES string of the molecule is Nc1cccc(-c2nncc3cc4c(cc23)OCO4)c1. The lowest BCUT2D eigenvalue weighted by molar-refractivity contribution is 0.174. The van der Waals surface area contributed by atoms with E-state index in [1.54, 1.807) is 6.20 Å². The zero-order valence-corrected chi connectivity index (χ0v) is 10.5. The van der Waals surface area contributed by atoms with Crippen molar-refractivity contribution in [1.29, 1.82) is 0 Å². The fraction of sp³-hybridized carbons (Fsp3) is 0.0667. The smallest absolute Gasteiger partial charge is 0.231 e. The molecule has 5 nitrogen and oxygen atoms in total. The minimum absolute atomic E-state index is 0.250. The van der Waals surface area contributed by atoms with E-state index in [4.69, 9.17) is 15.2 Å². The summed E-state index contributed by atoms with van der Waals surface area (Å²) in [6.45, 7) is 0.250. The van der Waals surface area contributed by atoms with Crippen LogP contribution in [0.2, 0.25) is 0 Å². The molecular weight excluding hydrogens is 254 g/mol. The number of nitrogens with two attached hydrogens (primary N) is 1. The van der Waals surface area contributed by atoms with Crippen LogP contribution in [-0.4, -0.2) is 17.0 Å². The molecular formula is C15H11N3O2. The van der Waals surface area contributed by atoms with Crippen molar-refractivity contribution in [3.8, 4) is 22.8 Å². The summed E-state index contributed by atoms with van der Waals surface area (Å²) < 4.78 is 10.8. The number of rotatable bonds is 1. The van der Waals surface area contributed by atoms with E-state index < -0.39 is 0 Å². The molecule has 1 aromatic heterocycles. The summed E-state index contributed by atoms with van der Waals surface area (Å²) in [6, 6.07) is 11.4. The third-order valence-electron chi connectivity index (χ3n) is 3.31. The minimum atomic E-state index is 0.250. The summed E-state index contributed by atoms with van der Waals surface area (Å²) in [5.74, 6) is 1.47. The second-order valence-electron chi connectivity index (χ2n) is 4.61. The van der Waals surface area contributed by atoms with Crippen LogP contribution in [0, 0.1) is 0 Å². The third-order valence-corrected chi connectivity index (χ3v) is 3.31. The molecule has 0 saturated carbocycles. The Hall–Kier alpha value is -2.82. The van der Waals surface area contributed by atoms with Gasteiger partial charge in [0, 0.05) is 22.0 Å². The van der Waals surface area contributed by atoms with Gasteiger partial charge in [-0.05, 0) is 24.3 Å². The van der Waals surface area contributed by atoms with E-state index >= 15 is 0 Å². The van der Waals surface area contributed by atoms with Gasteiger partial charge in [0.1, 0.15) is 5.69 Å². The van der Waals surface area contributed by atoms with Crippen molar-refractivity contribution < 1.29 is 9.47 Å². The molecule has 0 fully saturated rings. The number of fused-ring (bicyclic) bond motifs is 2. The van der Waals surface area contributed by atoms with Gasteiger partial charge in [0.05, 0.1) is 6.20 Å². The van der Waals surface area contributed by atoms with E-state index in [2.05, 4.69) is 10.2 Å². The number of nitrogen functional groups attached to an aromatic ring is 1. The summed E-state index contributed by atoms with van der Waals surface area (Å²) in [5, 5.41) is 10.2. The van der Waals surface area contributed by atoms with Crippen molar-refractivity contribution in [1.82, 2.24) is 10.2 Å². The first-order chi connectivity index (χ1) is 9.81. The Kier molecular flexibility index (Phi) is 2.26. The molecule has 1 aliphatic rings. The maximum absolute atomic E-state index is 5.84. The largest absolute Gasteiger partial charge is 0.454 e. The number of aromatic nitrogens is 2. The van der Waals surface area contributed by atoms with E-state index in [-0.39, 0.29) is 6.79 Å². The van der Waals surface area contributed by atoms with Gasteiger partial charge in [0.25, 0.3) is 0 Å². The van der Waals surface area contributed by atoms with Crippen molar-refractivity contribution in [3.63, 3.8) is 0 Å². The highest BCUT2D eigenvalue weighted by molar-refractivity contribution is 5.96. The van der Waals surface area contributed by atoms with E-state index in [1.807, 2.05) is 36.4 Å². The van der Waals surface area contributed by atoms with Gasteiger partial charge in [0.2, 0.25) is 6.79 Å². The second kappa shape index (κ2) is 4.09. The van der Waals surface area contributed by atoms with Crippen LogP contribution in [0.1, 0.15) is 0 Å². The molecule has 2 N–H and O–H groups in total. The molecule has 0 amide bonds. The first-order valence-electron chi connectivity index (χ1n) is 6.22. The standard InChI is InChI=1S/C15H11N3O2/c16-11-3-1-2-9(4-11)15-12-6-14-13(19-8-20-14)5-10(12)7-17-18-15/h1-7H,8,16H2. The summed E-state index contributed by atoms with van der Waals surface area (Å²) in [6.07, 6.45) is 1.72. The Balaban J connectivity index is 2.00. The lowest BCUT2D eigenvalue weighted by atomic mass is 10.0. The predicted octanol–water partition coefficient (Wildman–Crippen LogP) is 2.61. The van der Waals surface area contributed by atoms with Gasteiger partial charge >= 0.3 is 0 Å². The van der Waals surface area contributed by atoms with E-state index in [9.17, 15) is 0 Å². The number of nitrogens with zero attached hydrogens (tertiary/aromatic N) is 2. The Morgan fingerprint density at radius 1 is 1.05 bits per heavy atom. The quantitative estimate of drug-likeness (QED) is 0.685. The summed E-state index contributed by atoms with van der Waals surface area (Å²) in [4.78, 5) is 0. The highest BCUT2D eigenvalue weighted by Gasteiger charge is 2.16. The average molecular weight is 265 g/mol. The number of ether oxygens (including phenoxy) is 2. The van der Waals surface area contributed by atoms with Gasteiger partial charge in [-0.3, -0.25) is 0 Å². The van der Waals surface area contributed by atoms with Crippen LogP contribution in [0.25, 0.3) is 22.0 Å². The lowest BCUT2D eigenvalue weighted by Gasteiger charge is -2.06. The summed E-state index contributed by atoms with van der Waals surface area (Å²) in [5.41, 5.74) is 8.25. The molecule has 0 bridgehead atoms. The molecule has 0 saturated heterocycles. The van der Waals surface area contributed by atoms with Crippen LogP contribution in [0.4, 0.5) is 5.69 Å². The topological polar surface area (TPSA) is 70.3 Å². The second-order valence-corrected chi connectivity index (χ2v) is 4.61. The first kappa shape index (κ1) is 11.0. The summed E-state index contributed by atoms with van der Waals surface area (Å²) in [7, 11) is 0. The molecule has 3 aromatic rings. The third kappa shape index (κ3) is 1.64. The van der Waals surface area contributed by atoms with Crippen molar-refractivity contribution in [2.24, 2.45) is 0 Å². The molecule has 0 unspecified atom stereocenters. The lowest BCUT2D eigenvalue weighted by Crippen LogP contribution is -1.92. The number of anilines is 1. The predicted molar refractivity (Wildman–Crippen MR) is 75.5 cm³/mol.